The van der Waals surface area contributed by atoms with Gasteiger partial charge in [-0.05, 0) is 259 Å². The zero-order chi connectivity index (χ0) is 70.3. The van der Waals surface area contributed by atoms with Crippen molar-refractivity contribution >= 4 is 77.8 Å². The first-order valence-corrected chi connectivity index (χ1v) is 38.8. The molecule has 0 saturated heterocycles. The molecule has 4 heterocycles. The SMILES string of the molecule is COC12CCCCC1(C)N(c1ccccc1)c1cc(-c3cc(-c4ccc5c(c4)C4(OC)CCCCC4(C)N5c4ccccc4)c4ccc5c(-c6ccc7c(c6)C6(OC)CCCCC6(C)N7c6ccccc6)cc(-c6ccc7c(c6)C6(OC)CCCCC6(C)N7c6ccccc6)c6ccc3c4c65)ccc12. The number of anilines is 8. The molecule has 0 radical (unpaired) electrons. The molecule has 8 atom stereocenters. The Labute approximate surface area is 613 Å². The molecule has 4 saturated carbocycles. The first kappa shape index (κ1) is 64.3. The van der Waals surface area contributed by atoms with Crippen molar-refractivity contribution in [3.8, 4) is 44.5 Å². The van der Waals surface area contributed by atoms with E-state index in [4.69, 9.17) is 18.9 Å². The van der Waals surface area contributed by atoms with Crippen LogP contribution in [0.1, 0.15) is 153 Å². The van der Waals surface area contributed by atoms with E-state index in [0.717, 1.165) is 103 Å². The van der Waals surface area contributed by atoms with E-state index in [1.807, 2.05) is 28.4 Å². The summed E-state index contributed by atoms with van der Waals surface area (Å²) in [5, 5.41) is 7.48. The number of para-hydroxylation sites is 4. The summed E-state index contributed by atoms with van der Waals surface area (Å²) in [6.07, 6.45) is 16.9. The lowest BCUT2D eigenvalue weighted by Gasteiger charge is -2.50. The lowest BCUT2D eigenvalue weighted by Crippen LogP contribution is -2.57. The van der Waals surface area contributed by atoms with Crippen molar-refractivity contribution in [2.24, 2.45) is 0 Å². The Morgan fingerprint density at radius 3 is 0.779 bits per heavy atom. The van der Waals surface area contributed by atoms with E-state index >= 15 is 0 Å². The van der Waals surface area contributed by atoms with Crippen molar-refractivity contribution < 1.29 is 18.9 Å². The van der Waals surface area contributed by atoms with Gasteiger partial charge in [-0.25, -0.2) is 0 Å². The molecule has 20 rings (SSSR count). The van der Waals surface area contributed by atoms with Crippen molar-refractivity contribution in [3.63, 3.8) is 0 Å². The van der Waals surface area contributed by atoms with Gasteiger partial charge in [-0.2, -0.15) is 0 Å². The maximum absolute atomic E-state index is 7.14. The molecule has 522 valence electrons. The van der Waals surface area contributed by atoms with Crippen LogP contribution in [0.5, 0.6) is 0 Å². The summed E-state index contributed by atoms with van der Waals surface area (Å²) in [7, 11) is 7.88. The molecule has 4 aliphatic heterocycles. The fourth-order valence-corrected chi connectivity index (χ4v) is 23.8. The van der Waals surface area contributed by atoms with Crippen LogP contribution in [-0.2, 0) is 41.4 Å². The Morgan fingerprint density at radius 2 is 0.490 bits per heavy atom. The Morgan fingerprint density at radius 1 is 0.240 bits per heavy atom. The molecular formula is C96H94N4O4. The summed E-state index contributed by atoms with van der Waals surface area (Å²) in [4.78, 5) is 10.5. The normalized spacial score (nSPS) is 28.0. The zero-order valence-corrected chi connectivity index (χ0v) is 61.7. The summed E-state index contributed by atoms with van der Waals surface area (Å²) in [5.74, 6) is 0. The maximum atomic E-state index is 7.14. The smallest absolute Gasteiger partial charge is 0.118 e. The van der Waals surface area contributed by atoms with Gasteiger partial charge in [0.2, 0.25) is 0 Å². The number of ether oxygens (including phenoxy) is 4. The fourth-order valence-electron chi connectivity index (χ4n) is 23.8. The van der Waals surface area contributed by atoms with Gasteiger partial charge in [0, 0.05) is 96.2 Å². The van der Waals surface area contributed by atoms with Gasteiger partial charge in [-0.1, -0.05) is 179 Å². The van der Waals surface area contributed by atoms with E-state index < -0.39 is 22.4 Å². The highest BCUT2D eigenvalue weighted by molar-refractivity contribution is 6.32. The predicted molar refractivity (Wildman–Crippen MR) is 428 cm³/mol. The van der Waals surface area contributed by atoms with Gasteiger partial charge in [0.05, 0.1) is 22.2 Å². The van der Waals surface area contributed by atoms with E-state index in [-0.39, 0.29) is 22.2 Å². The average Bonchev–Trinajstić information content (AvgIpc) is 1.57. The van der Waals surface area contributed by atoms with Crippen LogP contribution in [0.15, 0.2) is 231 Å². The first-order valence-electron chi connectivity index (χ1n) is 38.8. The molecule has 0 N–H and O–H groups in total. The van der Waals surface area contributed by atoms with Crippen LogP contribution in [-0.4, -0.2) is 50.6 Å². The molecule has 8 nitrogen and oxygen atoms in total. The van der Waals surface area contributed by atoms with Gasteiger partial charge in [0.15, 0.2) is 0 Å². The number of rotatable bonds is 12. The molecule has 8 unspecified atom stereocenters. The largest absolute Gasteiger partial charge is 0.371 e. The quantitative estimate of drug-likeness (QED) is 0.112. The van der Waals surface area contributed by atoms with Gasteiger partial charge in [0.25, 0.3) is 0 Å². The average molecular weight is 1370 g/mol. The topological polar surface area (TPSA) is 49.9 Å². The second-order valence-electron chi connectivity index (χ2n) is 32.7. The molecule has 0 aromatic heterocycles. The van der Waals surface area contributed by atoms with E-state index in [9.17, 15) is 0 Å². The van der Waals surface area contributed by atoms with Crippen molar-refractivity contribution in [1.29, 1.82) is 0 Å². The van der Waals surface area contributed by atoms with Gasteiger partial charge >= 0.3 is 0 Å². The van der Waals surface area contributed by atoms with Gasteiger partial charge in [0.1, 0.15) is 22.4 Å². The number of nitrogens with zero attached hydrogens (tertiary/aromatic N) is 4. The summed E-state index contributed by atoms with van der Waals surface area (Å²) < 4.78 is 28.4. The van der Waals surface area contributed by atoms with Crippen LogP contribution in [0, 0.1) is 0 Å². The van der Waals surface area contributed by atoms with Crippen molar-refractivity contribution in [2.45, 2.75) is 175 Å². The van der Waals surface area contributed by atoms with E-state index in [2.05, 4.69) is 278 Å². The minimum atomic E-state index is -0.539. The number of hydrogen-bond acceptors (Lipinski definition) is 8. The highest BCUT2D eigenvalue weighted by atomic mass is 16.5. The molecule has 12 aromatic rings. The van der Waals surface area contributed by atoms with E-state index in [0.29, 0.717) is 0 Å². The van der Waals surface area contributed by atoms with Crippen molar-refractivity contribution in [3.05, 3.63) is 253 Å². The molecule has 8 aliphatic rings. The zero-order valence-electron chi connectivity index (χ0n) is 61.7. The van der Waals surface area contributed by atoms with Crippen LogP contribution < -0.4 is 19.6 Å². The van der Waals surface area contributed by atoms with Crippen LogP contribution in [0.3, 0.4) is 0 Å². The summed E-state index contributed by atoms with van der Waals surface area (Å²) in [6, 6.07) is 89.1. The third kappa shape index (κ3) is 8.18. The van der Waals surface area contributed by atoms with E-state index in [1.54, 1.807) is 0 Å². The number of methoxy groups -OCH3 is 4. The number of hydrogen-bond donors (Lipinski definition) is 0. The highest BCUT2D eigenvalue weighted by Crippen LogP contribution is 2.68. The number of fused-ring (bicyclic) bond motifs is 12. The van der Waals surface area contributed by atoms with Crippen LogP contribution >= 0.6 is 0 Å². The molecular weight excluding hydrogens is 1270 g/mol. The van der Waals surface area contributed by atoms with Crippen LogP contribution in [0.4, 0.5) is 45.5 Å². The van der Waals surface area contributed by atoms with Gasteiger partial charge < -0.3 is 38.5 Å². The third-order valence-electron chi connectivity index (χ3n) is 28.5. The lowest BCUT2D eigenvalue weighted by atomic mass is 9.68. The Balaban J connectivity index is 0.888. The maximum Gasteiger partial charge on any atom is 0.118 e. The highest BCUT2D eigenvalue weighted by Gasteiger charge is 2.65. The predicted octanol–water partition coefficient (Wildman–Crippen LogP) is 24.6. The molecule has 104 heavy (non-hydrogen) atoms. The molecule has 4 fully saturated rings. The van der Waals surface area contributed by atoms with Crippen molar-refractivity contribution in [2.75, 3.05) is 48.0 Å². The Bertz CT molecular complexity index is 5290. The van der Waals surface area contributed by atoms with Crippen molar-refractivity contribution in [1.82, 2.24) is 0 Å². The molecule has 8 heteroatoms. The monoisotopic (exact) mass is 1370 g/mol. The molecule has 12 aromatic carbocycles. The minimum Gasteiger partial charge on any atom is -0.371 e. The first-order chi connectivity index (χ1) is 50.8. The molecule has 4 aliphatic carbocycles. The molecule has 0 spiro atoms. The Kier molecular flexibility index (Phi) is 14.3. The standard InChI is InChI=1S/C96H94N4O4/c1-89-49-21-25-53-93(89,101-5)79-45-37-66(60-86(79)100(89)70-35-19-12-20-36-70)78-62-77(65-40-48-85-82(59-65)96(104-8)56-28-24-52-92(96,4)99(85)69-33-17-11-18-34-69)73-42-41-71-75(63-38-46-83-80(57-63)94(102-6)54-26-22-50-90(94,2)97(83)67-29-13-9-14-30-67)61-76(72-43-44-74(78)88(73)87(71)72)64-39-47-84-81(58-64)95(103-7)55-27-23-51-91(95,3)98(84)68-31-15-10-16-32-68/h9-20,29-48,57-62H,21-28,49-56H2,1-8H3. The van der Waals surface area contributed by atoms with E-state index in [1.165, 1.54) is 145 Å². The number of benzene rings is 12. The van der Waals surface area contributed by atoms with Crippen LogP contribution in [0.2, 0.25) is 0 Å². The molecule has 0 bridgehead atoms. The van der Waals surface area contributed by atoms with Gasteiger partial charge in [-0.15, -0.1) is 0 Å². The molecule has 0 amide bonds. The second-order valence-corrected chi connectivity index (χ2v) is 32.7. The van der Waals surface area contributed by atoms with Gasteiger partial charge in [-0.3, -0.25) is 0 Å². The summed E-state index contributed by atoms with van der Waals surface area (Å²) in [6.45, 7) is 9.87. The third-order valence-corrected chi connectivity index (χ3v) is 28.5. The second kappa shape index (κ2) is 23.1. The summed E-state index contributed by atoms with van der Waals surface area (Å²) >= 11 is 0. The van der Waals surface area contributed by atoms with Crippen LogP contribution in [0.25, 0.3) is 76.8 Å². The lowest BCUT2D eigenvalue weighted by molar-refractivity contribution is -0.0872. The fraction of sp³-hybridized carbons (Fsp3) is 0.333. The Hall–Kier alpha value is -9.28. The minimum absolute atomic E-state index is 0.308. The summed E-state index contributed by atoms with van der Waals surface area (Å²) in [5.41, 5.74) is 21.1.